The summed E-state index contributed by atoms with van der Waals surface area (Å²) in [6, 6.07) is 10.7. The first-order valence-corrected chi connectivity index (χ1v) is 6.04. The first kappa shape index (κ1) is 12.7. The Morgan fingerprint density at radius 2 is 1.89 bits per heavy atom. The minimum Gasteiger partial charge on any atom is -0.398 e. The maximum atomic E-state index is 12.4. The number of hydrogen-bond donors (Lipinski definition) is 1. The molecule has 0 saturated carbocycles. The van der Waals surface area contributed by atoms with Crippen LogP contribution < -0.4 is 5.73 Å². The van der Waals surface area contributed by atoms with Gasteiger partial charge in [0.05, 0.1) is 10.7 Å². The molecule has 2 aromatic carbocycles. The van der Waals surface area contributed by atoms with E-state index in [2.05, 4.69) is 0 Å². The number of halogens is 1. The smallest absolute Gasteiger partial charge is 0.193 e. The molecule has 2 rings (SSSR count). The molecule has 0 atom stereocenters. The van der Waals surface area contributed by atoms with Gasteiger partial charge in [0.1, 0.15) is 0 Å². The first-order valence-electron chi connectivity index (χ1n) is 5.66. The number of hydrogen-bond acceptors (Lipinski definition) is 2. The van der Waals surface area contributed by atoms with E-state index in [1.54, 1.807) is 18.2 Å². The third kappa shape index (κ3) is 2.24. The Labute approximate surface area is 111 Å². The predicted molar refractivity (Wildman–Crippen MR) is 75.2 cm³/mol. The second kappa shape index (κ2) is 4.83. The van der Waals surface area contributed by atoms with Crippen molar-refractivity contribution in [2.24, 2.45) is 0 Å². The van der Waals surface area contributed by atoms with Crippen LogP contribution in [0.4, 0.5) is 5.69 Å². The Bertz CT molecular complexity index is 620. The monoisotopic (exact) mass is 259 g/mol. The van der Waals surface area contributed by atoms with E-state index >= 15 is 0 Å². The molecule has 0 aliphatic heterocycles. The molecule has 18 heavy (non-hydrogen) atoms. The standard InChI is InChI=1S/C15H14ClNO/c1-9-4-3-5-12(10(9)2)15(18)11-6-7-14(17)13(16)8-11/h3-8H,17H2,1-2H3. The minimum atomic E-state index is -0.0295. The summed E-state index contributed by atoms with van der Waals surface area (Å²) in [5.41, 5.74) is 9.48. The summed E-state index contributed by atoms with van der Waals surface area (Å²) in [4.78, 5) is 12.4. The molecule has 2 nitrogen and oxygen atoms in total. The third-order valence-electron chi connectivity index (χ3n) is 3.11. The predicted octanol–water partition coefficient (Wildman–Crippen LogP) is 3.77. The molecule has 0 fully saturated rings. The van der Waals surface area contributed by atoms with Gasteiger partial charge in [0.15, 0.2) is 5.78 Å². The van der Waals surface area contributed by atoms with Crippen molar-refractivity contribution in [1.29, 1.82) is 0 Å². The summed E-state index contributed by atoms with van der Waals surface area (Å²) >= 11 is 5.94. The lowest BCUT2D eigenvalue weighted by Gasteiger charge is -2.08. The maximum absolute atomic E-state index is 12.4. The molecule has 2 aromatic rings. The van der Waals surface area contributed by atoms with E-state index in [0.717, 1.165) is 11.1 Å². The normalized spacial score (nSPS) is 10.4. The summed E-state index contributed by atoms with van der Waals surface area (Å²) in [7, 11) is 0. The highest BCUT2D eigenvalue weighted by Gasteiger charge is 2.13. The molecule has 0 radical (unpaired) electrons. The zero-order chi connectivity index (χ0) is 13.3. The number of anilines is 1. The van der Waals surface area contributed by atoms with Crippen molar-refractivity contribution < 1.29 is 4.79 Å². The third-order valence-corrected chi connectivity index (χ3v) is 3.44. The summed E-state index contributed by atoms with van der Waals surface area (Å²) in [5.74, 6) is -0.0295. The number of carbonyl (C=O) groups is 1. The van der Waals surface area contributed by atoms with Gasteiger partial charge < -0.3 is 5.73 Å². The van der Waals surface area contributed by atoms with Crippen LogP contribution >= 0.6 is 11.6 Å². The van der Waals surface area contributed by atoms with Gasteiger partial charge in [0.2, 0.25) is 0 Å². The van der Waals surface area contributed by atoms with Crippen LogP contribution in [0.3, 0.4) is 0 Å². The molecule has 0 aliphatic carbocycles. The van der Waals surface area contributed by atoms with Gasteiger partial charge in [-0.15, -0.1) is 0 Å². The van der Waals surface area contributed by atoms with Gasteiger partial charge in [0.25, 0.3) is 0 Å². The molecule has 0 aromatic heterocycles. The van der Waals surface area contributed by atoms with Crippen molar-refractivity contribution in [3.63, 3.8) is 0 Å². The van der Waals surface area contributed by atoms with Crippen LogP contribution in [0.25, 0.3) is 0 Å². The number of nitrogens with two attached hydrogens (primary N) is 1. The van der Waals surface area contributed by atoms with Gasteiger partial charge in [-0.3, -0.25) is 4.79 Å². The summed E-state index contributed by atoms with van der Waals surface area (Å²) < 4.78 is 0. The van der Waals surface area contributed by atoms with E-state index < -0.39 is 0 Å². The molecular weight excluding hydrogens is 246 g/mol. The Morgan fingerprint density at radius 3 is 2.56 bits per heavy atom. The average molecular weight is 260 g/mol. The first-order chi connectivity index (χ1) is 8.50. The van der Waals surface area contributed by atoms with Gasteiger partial charge >= 0.3 is 0 Å². The Balaban J connectivity index is 2.48. The molecule has 0 aliphatic rings. The second-order valence-corrected chi connectivity index (χ2v) is 4.72. The Morgan fingerprint density at radius 1 is 1.17 bits per heavy atom. The maximum Gasteiger partial charge on any atom is 0.193 e. The number of ketones is 1. The molecule has 0 amide bonds. The lowest BCUT2D eigenvalue weighted by molar-refractivity contribution is 0.103. The van der Waals surface area contributed by atoms with E-state index in [-0.39, 0.29) is 5.78 Å². The van der Waals surface area contributed by atoms with Crippen molar-refractivity contribution in [2.75, 3.05) is 5.73 Å². The summed E-state index contributed by atoms with van der Waals surface area (Å²) in [5, 5.41) is 0.408. The molecule has 0 saturated heterocycles. The SMILES string of the molecule is Cc1cccc(C(=O)c2ccc(N)c(Cl)c2)c1C. The van der Waals surface area contributed by atoms with E-state index in [1.165, 1.54) is 0 Å². The zero-order valence-corrected chi connectivity index (χ0v) is 11.1. The number of carbonyl (C=O) groups excluding carboxylic acids is 1. The summed E-state index contributed by atoms with van der Waals surface area (Å²) in [6.45, 7) is 3.93. The number of aryl methyl sites for hydroxylation is 1. The van der Waals surface area contributed by atoms with Crippen molar-refractivity contribution in [2.45, 2.75) is 13.8 Å². The number of benzene rings is 2. The molecule has 2 N–H and O–H groups in total. The second-order valence-electron chi connectivity index (χ2n) is 4.31. The minimum absolute atomic E-state index is 0.0295. The van der Waals surface area contributed by atoms with E-state index in [0.29, 0.717) is 21.8 Å². The zero-order valence-electron chi connectivity index (χ0n) is 10.3. The fourth-order valence-electron chi connectivity index (χ4n) is 1.82. The van der Waals surface area contributed by atoms with E-state index in [1.807, 2.05) is 32.0 Å². The van der Waals surface area contributed by atoms with Gasteiger partial charge in [0, 0.05) is 11.1 Å². The van der Waals surface area contributed by atoms with Crippen molar-refractivity contribution >= 4 is 23.1 Å². The van der Waals surface area contributed by atoms with Gasteiger partial charge in [-0.2, -0.15) is 0 Å². The molecular formula is C15H14ClNO. The van der Waals surface area contributed by atoms with Crippen LogP contribution in [-0.4, -0.2) is 5.78 Å². The van der Waals surface area contributed by atoms with Crippen LogP contribution in [0.1, 0.15) is 27.0 Å². The highest BCUT2D eigenvalue weighted by Crippen LogP contribution is 2.23. The molecule has 3 heteroatoms. The van der Waals surface area contributed by atoms with Crippen molar-refractivity contribution in [3.8, 4) is 0 Å². The van der Waals surface area contributed by atoms with Crippen LogP contribution in [0.15, 0.2) is 36.4 Å². The molecule has 0 unspecified atom stereocenters. The van der Waals surface area contributed by atoms with Crippen LogP contribution in [0.5, 0.6) is 0 Å². The highest BCUT2D eigenvalue weighted by molar-refractivity contribution is 6.33. The van der Waals surface area contributed by atoms with Gasteiger partial charge in [-0.05, 0) is 43.2 Å². The number of rotatable bonds is 2. The number of nitrogen functional groups attached to an aromatic ring is 1. The summed E-state index contributed by atoms with van der Waals surface area (Å²) in [6.07, 6.45) is 0. The molecule has 0 spiro atoms. The molecule has 0 bridgehead atoms. The molecule has 0 heterocycles. The highest BCUT2D eigenvalue weighted by atomic mass is 35.5. The van der Waals surface area contributed by atoms with Crippen LogP contribution in [0.2, 0.25) is 5.02 Å². The van der Waals surface area contributed by atoms with Gasteiger partial charge in [-0.1, -0.05) is 29.8 Å². The quantitative estimate of drug-likeness (QED) is 0.659. The average Bonchev–Trinajstić information content (AvgIpc) is 2.35. The van der Waals surface area contributed by atoms with E-state index in [4.69, 9.17) is 17.3 Å². The van der Waals surface area contributed by atoms with E-state index in [9.17, 15) is 4.79 Å². The lowest BCUT2D eigenvalue weighted by Crippen LogP contribution is -2.05. The lowest BCUT2D eigenvalue weighted by atomic mass is 9.96. The van der Waals surface area contributed by atoms with Crippen LogP contribution in [0, 0.1) is 13.8 Å². The topological polar surface area (TPSA) is 43.1 Å². The molecule has 92 valence electrons. The largest absolute Gasteiger partial charge is 0.398 e. The fourth-order valence-corrected chi connectivity index (χ4v) is 2.00. The van der Waals surface area contributed by atoms with Gasteiger partial charge in [-0.25, -0.2) is 0 Å². The van der Waals surface area contributed by atoms with Crippen molar-refractivity contribution in [3.05, 3.63) is 63.7 Å². The Kier molecular flexibility index (Phi) is 3.39. The fraction of sp³-hybridized carbons (Fsp3) is 0.133. The van der Waals surface area contributed by atoms with Crippen LogP contribution in [-0.2, 0) is 0 Å². The Hall–Kier alpha value is -1.80. The van der Waals surface area contributed by atoms with Crippen molar-refractivity contribution in [1.82, 2.24) is 0 Å².